The van der Waals surface area contributed by atoms with Crippen LogP contribution >= 0.6 is 15.9 Å². The number of benzene rings is 1. The second-order valence-corrected chi connectivity index (χ2v) is 4.74. The van der Waals surface area contributed by atoms with E-state index in [-0.39, 0.29) is 0 Å². The Morgan fingerprint density at radius 1 is 1.12 bits per heavy atom. The van der Waals surface area contributed by atoms with Crippen LogP contribution in [0.25, 0.3) is 16.9 Å². The lowest BCUT2D eigenvalue weighted by Gasteiger charge is -2.03. The lowest BCUT2D eigenvalue weighted by atomic mass is 10.1. The molecule has 0 unspecified atom stereocenters. The lowest BCUT2D eigenvalue weighted by Crippen LogP contribution is -1.93. The molecule has 84 valence electrons. The summed E-state index contributed by atoms with van der Waals surface area (Å²) in [6.45, 7) is 1.97. The predicted octanol–water partition coefficient (Wildman–Crippen LogP) is 3.47. The Labute approximate surface area is 107 Å². The zero-order valence-corrected chi connectivity index (χ0v) is 10.8. The van der Waals surface area contributed by atoms with Crippen molar-refractivity contribution in [3.05, 3.63) is 52.8 Å². The van der Waals surface area contributed by atoms with E-state index in [1.54, 1.807) is 0 Å². The number of aryl methyl sites for hydroxylation is 1. The third-order valence-corrected chi connectivity index (χ3v) is 3.28. The van der Waals surface area contributed by atoms with Gasteiger partial charge in [0.05, 0.1) is 17.6 Å². The van der Waals surface area contributed by atoms with Crippen LogP contribution in [0.2, 0.25) is 0 Å². The van der Waals surface area contributed by atoms with Crippen LogP contribution in [0.1, 0.15) is 5.69 Å². The van der Waals surface area contributed by atoms with Crippen LogP contribution < -0.4 is 0 Å². The maximum absolute atomic E-state index is 4.55. The van der Waals surface area contributed by atoms with E-state index in [0.29, 0.717) is 0 Å². The van der Waals surface area contributed by atoms with Gasteiger partial charge < -0.3 is 0 Å². The Hall–Kier alpha value is -1.68. The molecule has 0 saturated carbocycles. The van der Waals surface area contributed by atoms with Gasteiger partial charge in [0.1, 0.15) is 0 Å². The first kappa shape index (κ1) is 10.5. The SMILES string of the molecule is Cc1cn2nc(-c3ccccc3Br)ccc2n1. The zero-order valence-electron chi connectivity index (χ0n) is 9.26. The van der Waals surface area contributed by atoms with Crippen molar-refractivity contribution < 1.29 is 0 Å². The maximum Gasteiger partial charge on any atom is 0.153 e. The number of nitrogens with zero attached hydrogens (tertiary/aromatic N) is 3. The Morgan fingerprint density at radius 2 is 1.94 bits per heavy atom. The summed E-state index contributed by atoms with van der Waals surface area (Å²) in [5.74, 6) is 0. The minimum absolute atomic E-state index is 0.873. The average Bonchev–Trinajstić information content (AvgIpc) is 2.68. The molecule has 3 aromatic rings. The molecule has 0 atom stereocenters. The highest BCUT2D eigenvalue weighted by atomic mass is 79.9. The number of rotatable bonds is 1. The standard InChI is InChI=1S/C13H10BrN3/c1-9-8-17-13(15-9)7-6-12(16-17)10-4-2-3-5-11(10)14/h2-8H,1H3. The van der Waals surface area contributed by atoms with Crippen LogP contribution in [0.15, 0.2) is 47.1 Å². The van der Waals surface area contributed by atoms with E-state index in [9.17, 15) is 0 Å². The molecule has 0 radical (unpaired) electrons. The van der Waals surface area contributed by atoms with Gasteiger partial charge in [0.25, 0.3) is 0 Å². The van der Waals surface area contributed by atoms with E-state index in [2.05, 4.69) is 26.0 Å². The molecule has 0 spiro atoms. The Balaban J connectivity index is 2.21. The number of imidazole rings is 1. The third kappa shape index (κ3) is 1.85. The summed E-state index contributed by atoms with van der Waals surface area (Å²) in [5, 5.41) is 4.55. The zero-order chi connectivity index (χ0) is 11.8. The van der Waals surface area contributed by atoms with Crippen LogP contribution in [-0.4, -0.2) is 14.6 Å². The van der Waals surface area contributed by atoms with Gasteiger partial charge in [-0.2, -0.15) is 5.10 Å². The van der Waals surface area contributed by atoms with E-state index in [1.165, 1.54) is 0 Å². The number of hydrogen-bond acceptors (Lipinski definition) is 2. The summed E-state index contributed by atoms with van der Waals surface area (Å²) >= 11 is 3.54. The minimum Gasteiger partial charge on any atom is -0.232 e. The molecule has 2 heterocycles. The van der Waals surface area contributed by atoms with Crippen LogP contribution in [0.3, 0.4) is 0 Å². The number of fused-ring (bicyclic) bond motifs is 1. The largest absolute Gasteiger partial charge is 0.232 e. The van der Waals surface area contributed by atoms with Gasteiger partial charge in [-0.3, -0.25) is 0 Å². The van der Waals surface area contributed by atoms with Crippen molar-refractivity contribution in [2.75, 3.05) is 0 Å². The Bertz CT molecular complexity index is 688. The van der Waals surface area contributed by atoms with Crippen molar-refractivity contribution in [1.29, 1.82) is 0 Å². The van der Waals surface area contributed by atoms with Crippen molar-refractivity contribution in [2.45, 2.75) is 6.92 Å². The molecule has 4 heteroatoms. The van der Waals surface area contributed by atoms with E-state index in [1.807, 2.05) is 54.0 Å². The van der Waals surface area contributed by atoms with E-state index in [0.717, 1.165) is 27.1 Å². The van der Waals surface area contributed by atoms with Crippen LogP contribution in [0.4, 0.5) is 0 Å². The molecule has 0 amide bonds. The van der Waals surface area contributed by atoms with Gasteiger partial charge in [-0.15, -0.1) is 0 Å². The molecule has 0 aliphatic heterocycles. The molecule has 0 fully saturated rings. The van der Waals surface area contributed by atoms with Crippen molar-refractivity contribution in [2.24, 2.45) is 0 Å². The highest BCUT2D eigenvalue weighted by Crippen LogP contribution is 2.26. The summed E-state index contributed by atoms with van der Waals surface area (Å²) in [6, 6.07) is 12.0. The molecule has 0 N–H and O–H groups in total. The Morgan fingerprint density at radius 3 is 2.76 bits per heavy atom. The lowest BCUT2D eigenvalue weighted by molar-refractivity contribution is 0.940. The first-order valence-corrected chi connectivity index (χ1v) is 6.11. The fourth-order valence-corrected chi connectivity index (χ4v) is 2.30. The van der Waals surface area contributed by atoms with Gasteiger partial charge in [0, 0.05) is 10.0 Å². The Kier molecular flexibility index (Phi) is 2.44. The van der Waals surface area contributed by atoms with Crippen molar-refractivity contribution in [3.8, 4) is 11.3 Å². The van der Waals surface area contributed by atoms with Gasteiger partial charge >= 0.3 is 0 Å². The summed E-state index contributed by atoms with van der Waals surface area (Å²) in [5.41, 5.74) is 3.86. The first-order chi connectivity index (χ1) is 8.24. The van der Waals surface area contributed by atoms with Crippen LogP contribution in [0.5, 0.6) is 0 Å². The molecule has 17 heavy (non-hydrogen) atoms. The molecule has 3 rings (SSSR count). The fraction of sp³-hybridized carbons (Fsp3) is 0.0769. The summed E-state index contributed by atoms with van der Waals surface area (Å²) in [4.78, 5) is 4.36. The topological polar surface area (TPSA) is 30.2 Å². The van der Waals surface area contributed by atoms with Gasteiger partial charge in [-0.25, -0.2) is 9.50 Å². The average molecular weight is 288 g/mol. The molecule has 3 nitrogen and oxygen atoms in total. The molecule has 2 aromatic heterocycles. The molecule has 0 saturated heterocycles. The molecule has 1 aromatic carbocycles. The molecular weight excluding hydrogens is 278 g/mol. The first-order valence-electron chi connectivity index (χ1n) is 5.32. The molecule has 0 bridgehead atoms. The van der Waals surface area contributed by atoms with E-state index in [4.69, 9.17) is 0 Å². The smallest absolute Gasteiger partial charge is 0.153 e. The highest BCUT2D eigenvalue weighted by Gasteiger charge is 2.05. The number of hydrogen-bond donors (Lipinski definition) is 0. The number of halogens is 1. The monoisotopic (exact) mass is 287 g/mol. The van der Waals surface area contributed by atoms with Gasteiger partial charge in [0.2, 0.25) is 0 Å². The van der Waals surface area contributed by atoms with Crippen LogP contribution in [-0.2, 0) is 0 Å². The van der Waals surface area contributed by atoms with Gasteiger partial charge in [0.15, 0.2) is 5.65 Å². The number of aromatic nitrogens is 3. The summed E-state index contributed by atoms with van der Waals surface area (Å²) in [7, 11) is 0. The highest BCUT2D eigenvalue weighted by molar-refractivity contribution is 9.10. The maximum atomic E-state index is 4.55. The summed E-state index contributed by atoms with van der Waals surface area (Å²) in [6.07, 6.45) is 1.93. The normalized spacial score (nSPS) is 10.9. The van der Waals surface area contributed by atoms with Crippen molar-refractivity contribution in [3.63, 3.8) is 0 Å². The van der Waals surface area contributed by atoms with Crippen LogP contribution in [0, 0.1) is 6.92 Å². The van der Waals surface area contributed by atoms with Crippen molar-refractivity contribution in [1.82, 2.24) is 14.6 Å². The molecule has 0 aliphatic carbocycles. The van der Waals surface area contributed by atoms with E-state index < -0.39 is 0 Å². The fourth-order valence-electron chi connectivity index (χ4n) is 1.81. The molecule has 0 aliphatic rings. The van der Waals surface area contributed by atoms with Gasteiger partial charge in [-0.1, -0.05) is 34.1 Å². The predicted molar refractivity (Wildman–Crippen MR) is 70.9 cm³/mol. The molecular formula is C13H10BrN3. The minimum atomic E-state index is 0.873. The van der Waals surface area contributed by atoms with E-state index >= 15 is 0 Å². The second-order valence-electron chi connectivity index (χ2n) is 3.88. The van der Waals surface area contributed by atoms with Gasteiger partial charge in [-0.05, 0) is 25.1 Å². The third-order valence-electron chi connectivity index (χ3n) is 2.59. The summed E-state index contributed by atoms with van der Waals surface area (Å²) < 4.78 is 2.85. The second kappa shape index (κ2) is 3.96. The quantitative estimate of drug-likeness (QED) is 0.686. The van der Waals surface area contributed by atoms with Crippen molar-refractivity contribution >= 4 is 21.6 Å².